The molecule has 5 heteroatoms. The second-order valence-corrected chi connectivity index (χ2v) is 1.60. The predicted octanol–water partition coefficient (Wildman–Crippen LogP) is -1.000. The summed E-state index contributed by atoms with van der Waals surface area (Å²) in [4.78, 5) is 18.7. The molecular formula is C4H7NaO4. The zero-order valence-electron chi connectivity index (χ0n) is 4.16. The van der Waals surface area contributed by atoms with Crippen LogP contribution in [0.2, 0.25) is 0 Å². The van der Waals surface area contributed by atoms with Gasteiger partial charge in [-0.25, -0.2) is 9.78 Å². The van der Waals surface area contributed by atoms with Gasteiger partial charge < -0.3 is 5.11 Å². The first kappa shape index (κ1) is 9.39. The van der Waals surface area contributed by atoms with Crippen molar-refractivity contribution in [2.75, 3.05) is 13.2 Å². The van der Waals surface area contributed by atoms with Crippen molar-refractivity contribution in [3.63, 3.8) is 0 Å². The van der Waals surface area contributed by atoms with E-state index >= 15 is 0 Å². The number of hydrogen-bond acceptors (Lipinski definition) is 3. The van der Waals surface area contributed by atoms with Crippen LogP contribution in [0, 0.1) is 5.92 Å². The molecule has 0 aromatic heterocycles. The first-order valence-corrected chi connectivity index (χ1v) is 2.28. The number of aliphatic carboxylic acids is 1. The Bertz CT molecular complexity index is 98.7. The van der Waals surface area contributed by atoms with E-state index in [9.17, 15) is 4.79 Å². The van der Waals surface area contributed by atoms with E-state index < -0.39 is 11.9 Å². The molecule has 1 heterocycles. The summed E-state index contributed by atoms with van der Waals surface area (Å²) in [6, 6.07) is 0. The standard InChI is InChI=1S/C4H6O4.Na.H/c5-4(6)3-1-7-8-2-3;;/h3H,1-2H2,(H,5,6);;. The average molecular weight is 142 g/mol. The van der Waals surface area contributed by atoms with Crippen molar-refractivity contribution in [3.05, 3.63) is 0 Å². The molecule has 0 atom stereocenters. The Morgan fingerprint density at radius 3 is 2.11 bits per heavy atom. The van der Waals surface area contributed by atoms with E-state index in [1.807, 2.05) is 0 Å². The van der Waals surface area contributed by atoms with Gasteiger partial charge in [0.1, 0.15) is 5.92 Å². The van der Waals surface area contributed by atoms with Crippen molar-refractivity contribution in [1.82, 2.24) is 0 Å². The number of hydrogen-bond donors (Lipinski definition) is 1. The van der Waals surface area contributed by atoms with E-state index in [4.69, 9.17) is 5.11 Å². The topological polar surface area (TPSA) is 55.8 Å². The third-order valence-corrected chi connectivity index (χ3v) is 0.971. The Hall–Kier alpha value is 0.390. The fraction of sp³-hybridized carbons (Fsp3) is 0.750. The van der Waals surface area contributed by atoms with Gasteiger partial charge in [-0.15, -0.1) is 0 Å². The van der Waals surface area contributed by atoms with Gasteiger partial charge in [-0.3, -0.25) is 4.79 Å². The Morgan fingerprint density at radius 1 is 1.44 bits per heavy atom. The van der Waals surface area contributed by atoms with Crippen molar-refractivity contribution in [3.8, 4) is 0 Å². The minimum absolute atomic E-state index is 0. The van der Waals surface area contributed by atoms with Gasteiger partial charge in [0.2, 0.25) is 0 Å². The number of carboxylic acids is 1. The molecule has 0 unspecified atom stereocenters. The Labute approximate surface area is 74.4 Å². The Balaban J connectivity index is 0.000000640. The van der Waals surface area contributed by atoms with E-state index in [1.165, 1.54) is 0 Å². The van der Waals surface area contributed by atoms with Gasteiger partial charge in [0.05, 0.1) is 13.2 Å². The van der Waals surface area contributed by atoms with Crippen LogP contribution in [0.15, 0.2) is 0 Å². The van der Waals surface area contributed by atoms with Crippen LogP contribution in [0.5, 0.6) is 0 Å². The van der Waals surface area contributed by atoms with Crippen molar-refractivity contribution < 1.29 is 19.7 Å². The van der Waals surface area contributed by atoms with E-state index in [1.54, 1.807) is 0 Å². The molecule has 1 saturated heterocycles. The van der Waals surface area contributed by atoms with E-state index in [-0.39, 0.29) is 42.8 Å². The summed E-state index contributed by atoms with van der Waals surface area (Å²) >= 11 is 0. The van der Waals surface area contributed by atoms with Crippen molar-refractivity contribution in [2.24, 2.45) is 5.92 Å². The van der Waals surface area contributed by atoms with Crippen molar-refractivity contribution >= 4 is 35.5 Å². The van der Waals surface area contributed by atoms with Gasteiger partial charge >= 0.3 is 35.5 Å². The summed E-state index contributed by atoms with van der Waals surface area (Å²) in [6.07, 6.45) is 0. The summed E-state index contributed by atoms with van der Waals surface area (Å²) < 4.78 is 0. The summed E-state index contributed by atoms with van der Waals surface area (Å²) in [5.41, 5.74) is 0. The Morgan fingerprint density at radius 2 is 1.89 bits per heavy atom. The van der Waals surface area contributed by atoms with Crippen LogP contribution in [0.4, 0.5) is 0 Å². The molecule has 1 rings (SSSR count). The van der Waals surface area contributed by atoms with Gasteiger partial charge in [0.25, 0.3) is 0 Å². The zero-order valence-corrected chi connectivity index (χ0v) is 4.16. The molecule has 1 N–H and O–H groups in total. The fourth-order valence-electron chi connectivity index (χ4n) is 0.451. The molecule has 1 fully saturated rings. The third-order valence-electron chi connectivity index (χ3n) is 0.971. The molecular weight excluding hydrogens is 135 g/mol. The van der Waals surface area contributed by atoms with Crippen LogP contribution in [-0.2, 0) is 14.6 Å². The first-order valence-electron chi connectivity index (χ1n) is 2.28. The van der Waals surface area contributed by atoms with Gasteiger partial charge in [-0.1, -0.05) is 0 Å². The average Bonchev–Trinajstić information content (AvgIpc) is 2.12. The minimum atomic E-state index is -0.859. The monoisotopic (exact) mass is 142 g/mol. The molecule has 9 heavy (non-hydrogen) atoms. The zero-order chi connectivity index (χ0) is 5.98. The van der Waals surface area contributed by atoms with Crippen LogP contribution in [0.3, 0.4) is 0 Å². The van der Waals surface area contributed by atoms with Crippen LogP contribution in [0.1, 0.15) is 0 Å². The molecule has 0 saturated carbocycles. The molecule has 1 aliphatic heterocycles. The molecule has 0 aliphatic carbocycles. The number of rotatable bonds is 1. The molecule has 4 nitrogen and oxygen atoms in total. The van der Waals surface area contributed by atoms with E-state index in [0.29, 0.717) is 0 Å². The maximum atomic E-state index is 10.0. The van der Waals surface area contributed by atoms with Gasteiger partial charge in [0, 0.05) is 0 Å². The van der Waals surface area contributed by atoms with Crippen LogP contribution in [0.25, 0.3) is 0 Å². The maximum absolute atomic E-state index is 10.0. The second kappa shape index (κ2) is 4.24. The van der Waals surface area contributed by atoms with E-state index in [2.05, 4.69) is 9.78 Å². The Kier molecular flexibility index (Phi) is 4.43. The molecule has 0 bridgehead atoms. The third kappa shape index (κ3) is 2.64. The van der Waals surface area contributed by atoms with Crippen molar-refractivity contribution in [2.45, 2.75) is 0 Å². The fourth-order valence-corrected chi connectivity index (χ4v) is 0.451. The van der Waals surface area contributed by atoms with Gasteiger partial charge in [-0.2, -0.15) is 0 Å². The molecule has 0 amide bonds. The van der Waals surface area contributed by atoms with Gasteiger partial charge in [-0.05, 0) is 0 Å². The first-order chi connectivity index (χ1) is 3.80. The van der Waals surface area contributed by atoms with Gasteiger partial charge in [0.15, 0.2) is 0 Å². The van der Waals surface area contributed by atoms with Crippen LogP contribution in [-0.4, -0.2) is 53.8 Å². The summed E-state index contributed by atoms with van der Waals surface area (Å²) in [6.45, 7) is 0.352. The van der Waals surface area contributed by atoms with E-state index in [0.717, 1.165) is 0 Å². The molecule has 0 aromatic rings. The molecule has 0 spiro atoms. The number of carbonyl (C=O) groups is 1. The van der Waals surface area contributed by atoms with Crippen LogP contribution >= 0.6 is 0 Å². The summed E-state index contributed by atoms with van der Waals surface area (Å²) in [7, 11) is 0. The summed E-state index contributed by atoms with van der Waals surface area (Å²) in [5.74, 6) is -1.32. The normalized spacial score (nSPS) is 19.1. The second-order valence-electron chi connectivity index (χ2n) is 1.60. The predicted molar refractivity (Wildman–Crippen MR) is 30.2 cm³/mol. The van der Waals surface area contributed by atoms with Crippen LogP contribution < -0.4 is 0 Å². The molecule has 0 radical (unpaired) electrons. The molecule has 48 valence electrons. The SMILES string of the molecule is O=C(O)C1COOC1.[NaH]. The summed E-state index contributed by atoms with van der Waals surface area (Å²) in [5, 5.41) is 8.25. The molecule has 0 aromatic carbocycles. The molecule has 1 aliphatic rings. The quantitative estimate of drug-likeness (QED) is 0.377. The van der Waals surface area contributed by atoms with Crippen molar-refractivity contribution in [1.29, 1.82) is 0 Å². The number of carboxylic acid groups (broad SMARTS) is 1.